The van der Waals surface area contributed by atoms with Crippen LogP contribution in [0.2, 0.25) is 0 Å². The van der Waals surface area contributed by atoms with Crippen molar-refractivity contribution in [3.05, 3.63) is 60.8 Å². The van der Waals surface area contributed by atoms with Crippen molar-refractivity contribution in [2.45, 2.75) is 208 Å². The molecule has 0 aromatic carbocycles. The molecule has 3 aliphatic heterocycles. The molecule has 3 saturated heterocycles. The summed E-state index contributed by atoms with van der Waals surface area (Å²) in [5, 5.41) is 119. The van der Waals surface area contributed by atoms with E-state index >= 15 is 0 Å². The summed E-state index contributed by atoms with van der Waals surface area (Å²) in [5.41, 5.74) is 0. The molecule has 67 heavy (non-hydrogen) atoms. The van der Waals surface area contributed by atoms with E-state index in [4.69, 9.17) is 28.4 Å². The van der Waals surface area contributed by atoms with Crippen LogP contribution in [0.3, 0.4) is 0 Å². The minimum absolute atomic E-state index is 0.221. The van der Waals surface area contributed by atoms with Crippen molar-refractivity contribution >= 4 is 5.91 Å². The van der Waals surface area contributed by atoms with Crippen LogP contribution in [-0.4, -0.2) is 193 Å². The van der Waals surface area contributed by atoms with Crippen LogP contribution in [0.15, 0.2) is 60.8 Å². The topological polar surface area (TPSA) is 307 Å². The van der Waals surface area contributed by atoms with Crippen LogP contribution in [0, 0.1) is 0 Å². The van der Waals surface area contributed by atoms with Gasteiger partial charge in [-0.15, -0.1) is 0 Å². The highest BCUT2D eigenvalue weighted by Crippen LogP contribution is 2.33. The SMILES string of the molecule is CC/C=C\C/C=C\C/C=C\C/C=C\C/C=C\CCCCCC(=O)NC(COC1OC(CO)C(OC2OC(CO)C(OC3OC(CO)C(O)C(O)C3O)C(O)C2O)C(O)C1O)C(O)CCCCC. The number of carbonyl (C=O) groups is 1. The van der Waals surface area contributed by atoms with Gasteiger partial charge in [-0.1, -0.05) is 100 Å². The van der Waals surface area contributed by atoms with E-state index in [0.717, 1.165) is 64.2 Å². The van der Waals surface area contributed by atoms with Gasteiger partial charge in [0, 0.05) is 6.42 Å². The normalized spacial score (nSPS) is 34.0. The lowest BCUT2D eigenvalue weighted by molar-refractivity contribution is -0.379. The first-order valence-corrected chi connectivity index (χ1v) is 24.0. The van der Waals surface area contributed by atoms with Crippen molar-refractivity contribution in [3.63, 3.8) is 0 Å². The molecule has 19 heteroatoms. The Morgan fingerprint density at radius 1 is 0.552 bits per heavy atom. The Labute approximate surface area is 395 Å². The maximum absolute atomic E-state index is 13.0. The van der Waals surface area contributed by atoms with E-state index in [2.05, 4.69) is 73.0 Å². The van der Waals surface area contributed by atoms with Crippen LogP contribution in [-0.2, 0) is 33.2 Å². The van der Waals surface area contributed by atoms with E-state index in [1.54, 1.807) is 0 Å². The second kappa shape index (κ2) is 33.1. The molecule has 12 N–H and O–H groups in total. The minimum atomic E-state index is -1.97. The fourth-order valence-corrected chi connectivity index (χ4v) is 7.81. The third-order valence-corrected chi connectivity index (χ3v) is 11.9. The highest BCUT2D eigenvalue weighted by molar-refractivity contribution is 5.76. The molecule has 0 radical (unpaired) electrons. The van der Waals surface area contributed by atoms with Gasteiger partial charge in [0.05, 0.1) is 38.6 Å². The van der Waals surface area contributed by atoms with Gasteiger partial charge < -0.3 is 89.9 Å². The number of hydrogen-bond acceptors (Lipinski definition) is 18. The molecule has 3 aliphatic rings. The predicted molar refractivity (Wildman–Crippen MR) is 245 cm³/mol. The monoisotopic (exact) mass is 960 g/mol. The smallest absolute Gasteiger partial charge is 0.220 e. The molecule has 3 heterocycles. The van der Waals surface area contributed by atoms with Crippen LogP contribution in [0.4, 0.5) is 0 Å². The molecule has 0 aromatic heterocycles. The van der Waals surface area contributed by atoms with Crippen molar-refractivity contribution in [1.82, 2.24) is 5.32 Å². The maximum Gasteiger partial charge on any atom is 0.220 e. The van der Waals surface area contributed by atoms with Gasteiger partial charge in [-0.05, 0) is 57.8 Å². The molecule has 17 atom stereocenters. The average molecular weight is 960 g/mol. The van der Waals surface area contributed by atoms with Crippen molar-refractivity contribution in [2.24, 2.45) is 0 Å². The summed E-state index contributed by atoms with van der Waals surface area (Å²) in [7, 11) is 0. The van der Waals surface area contributed by atoms with E-state index in [-0.39, 0.29) is 18.9 Å². The molecule has 19 nitrogen and oxygen atoms in total. The summed E-state index contributed by atoms with van der Waals surface area (Å²) in [5.74, 6) is -0.292. The number of amides is 1. The third kappa shape index (κ3) is 19.7. The fourth-order valence-electron chi connectivity index (χ4n) is 7.81. The Balaban J connectivity index is 1.47. The Hall–Kier alpha value is -2.51. The maximum atomic E-state index is 13.0. The Morgan fingerprint density at radius 2 is 1.03 bits per heavy atom. The van der Waals surface area contributed by atoms with E-state index in [0.29, 0.717) is 19.3 Å². The van der Waals surface area contributed by atoms with Crippen LogP contribution in [0.25, 0.3) is 0 Å². The number of nitrogens with one attached hydrogen (secondary N) is 1. The molecule has 3 rings (SSSR count). The van der Waals surface area contributed by atoms with Gasteiger partial charge in [0.15, 0.2) is 18.9 Å². The zero-order valence-electron chi connectivity index (χ0n) is 39.1. The zero-order chi connectivity index (χ0) is 49.1. The fraction of sp³-hybridized carbons (Fsp3) is 0.771. The standard InChI is InChI=1S/C48H81NO18/c1-3-5-7-8-9-10-11-12-13-14-15-16-17-18-19-20-21-22-24-26-36(54)49-31(32(53)25-23-6-4-2)30-62-46-42(60)39(57)44(34(28-51)64-46)67-48-43(61)40(58)45(35(29-52)65-48)66-47-41(59)38(56)37(55)33(27-50)63-47/h5,7,9-10,12-13,15-16,18-19,31-35,37-48,50-53,55-61H,3-4,6,8,11,14,17,20-30H2,1-2H3,(H,49,54)/b7-5-,10-9-,13-12-,16-15-,19-18-. The zero-order valence-corrected chi connectivity index (χ0v) is 39.1. The minimum Gasteiger partial charge on any atom is -0.394 e. The first kappa shape index (κ1) is 58.8. The first-order chi connectivity index (χ1) is 32.3. The molecule has 0 aromatic rings. The first-order valence-electron chi connectivity index (χ1n) is 24.0. The highest BCUT2D eigenvalue weighted by atomic mass is 16.8. The van der Waals surface area contributed by atoms with Crippen LogP contribution in [0.1, 0.15) is 104 Å². The lowest BCUT2D eigenvalue weighted by Gasteiger charge is -2.48. The van der Waals surface area contributed by atoms with Gasteiger partial charge in [-0.2, -0.15) is 0 Å². The van der Waals surface area contributed by atoms with Gasteiger partial charge >= 0.3 is 0 Å². The average Bonchev–Trinajstić information content (AvgIpc) is 3.32. The summed E-state index contributed by atoms with van der Waals surface area (Å²) in [4.78, 5) is 13.0. The largest absolute Gasteiger partial charge is 0.394 e. The number of ether oxygens (including phenoxy) is 6. The summed E-state index contributed by atoms with van der Waals surface area (Å²) in [6.07, 6.45) is 5.98. The number of rotatable bonds is 31. The van der Waals surface area contributed by atoms with Crippen LogP contribution < -0.4 is 5.32 Å². The van der Waals surface area contributed by atoms with E-state index in [1.807, 2.05) is 6.92 Å². The van der Waals surface area contributed by atoms with Crippen LogP contribution in [0.5, 0.6) is 0 Å². The lowest BCUT2D eigenvalue weighted by Crippen LogP contribution is -2.66. The molecule has 386 valence electrons. The van der Waals surface area contributed by atoms with Gasteiger partial charge in [0.25, 0.3) is 0 Å². The van der Waals surface area contributed by atoms with Crippen LogP contribution >= 0.6 is 0 Å². The molecule has 0 aliphatic carbocycles. The molecule has 0 saturated carbocycles. The summed E-state index contributed by atoms with van der Waals surface area (Å²) in [6.45, 7) is 1.40. The Bertz CT molecular complexity index is 1480. The number of unbranched alkanes of at least 4 members (excludes halogenated alkanes) is 5. The molecule has 17 unspecified atom stereocenters. The Morgan fingerprint density at radius 3 is 1.55 bits per heavy atom. The molecular weight excluding hydrogens is 879 g/mol. The molecule has 3 fully saturated rings. The highest BCUT2D eigenvalue weighted by Gasteiger charge is 2.53. The van der Waals surface area contributed by atoms with Gasteiger partial charge in [0.1, 0.15) is 73.2 Å². The second-order valence-electron chi connectivity index (χ2n) is 17.2. The predicted octanol–water partition coefficient (Wildman–Crippen LogP) is 0.579. The number of hydrogen-bond donors (Lipinski definition) is 12. The number of aliphatic hydroxyl groups is 11. The third-order valence-electron chi connectivity index (χ3n) is 11.9. The number of carbonyl (C=O) groups excluding carboxylic acids is 1. The van der Waals surface area contributed by atoms with Crippen molar-refractivity contribution < 1.29 is 89.4 Å². The van der Waals surface area contributed by atoms with Gasteiger partial charge in [-0.3, -0.25) is 4.79 Å². The Kier molecular flexibility index (Phi) is 29.1. The molecule has 1 amide bonds. The summed E-state index contributed by atoms with van der Waals surface area (Å²) >= 11 is 0. The molecular formula is C48H81NO18. The lowest BCUT2D eigenvalue weighted by atomic mass is 9.96. The molecule has 0 bridgehead atoms. The van der Waals surface area contributed by atoms with E-state index in [1.165, 1.54) is 0 Å². The number of aliphatic hydroxyl groups excluding tert-OH is 11. The van der Waals surface area contributed by atoms with Crippen molar-refractivity contribution in [3.8, 4) is 0 Å². The van der Waals surface area contributed by atoms with Gasteiger partial charge in [-0.25, -0.2) is 0 Å². The quantitative estimate of drug-likeness (QED) is 0.0334. The van der Waals surface area contributed by atoms with E-state index < -0.39 is 124 Å². The summed E-state index contributed by atoms with van der Waals surface area (Å²) < 4.78 is 33.9. The summed E-state index contributed by atoms with van der Waals surface area (Å²) in [6, 6.07) is -0.902. The molecule has 0 spiro atoms. The van der Waals surface area contributed by atoms with Gasteiger partial charge in [0.2, 0.25) is 5.91 Å². The second-order valence-corrected chi connectivity index (χ2v) is 17.2. The van der Waals surface area contributed by atoms with Crippen molar-refractivity contribution in [1.29, 1.82) is 0 Å². The van der Waals surface area contributed by atoms with Crippen molar-refractivity contribution in [2.75, 3.05) is 26.4 Å². The van der Waals surface area contributed by atoms with E-state index in [9.17, 15) is 61.0 Å². The number of allylic oxidation sites excluding steroid dienone is 10.